The van der Waals surface area contributed by atoms with Crippen molar-refractivity contribution in [3.05, 3.63) is 51.6 Å². The van der Waals surface area contributed by atoms with Crippen LogP contribution in [0.4, 0.5) is 4.39 Å². The van der Waals surface area contributed by atoms with Gasteiger partial charge in [0.2, 0.25) is 0 Å². The zero-order valence-corrected chi connectivity index (χ0v) is 13.1. The number of imidazole rings is 1. The third-order valence-electron chi connectivity index (χ3n) is 3.05. The summed E-state index contributed by atoms with van der Waals surface area (Å²) >= 11 is 17.7. The molecule has 0 fully saturated rings. The van der Waals surface area contributed by atoms with Gasteiger partial charge >= 0.3 is 0 Å². The maximum Gasteiger partial charge on any atom is 0.164 e. The molecule has 0 radical (unpaired) electrons. The molecule has 0 aliphatic heterocycles. The third kappa shape index (κ3) is 2.48. The quantitative estimate of drug-likeness (QED) is 0.488. The lowest BCUT2D eigenvalue weighted by Gasteiger charge is -2.09. The number of nitrogens with zero attached hydrogens (tertiary/aromatic N) is 3. The van der Waals surface area contributed by atoms with Crippen molar-refractivity contribution < 1.29 is 4.39 Å². The molecule has 0 aliphatic carbocycles. The van der Waals surface area contributed by atoms with Gasteiger partial charge in [0.25, 0.3) is 0 Å². The van der Waals surface area contributed by atoms with Crippen LogP contribution in [0.2, 0.25) is 10.0 Å². The van der Waals surface area contributed by atoms with Gasteiger partial charge in [0, 0.05) is 6.20 Å². The first-order chi connectivity index (χ1) is 10.0. The van der Waals surface area contributed by atoms with E-state index in [4.69, 9.17) is 34.8 Å². The summed E-state index contributed by atoms with van der Waals surface area (Å²) < 4.78 is 15.3. The second-order valence-corrected chi connectivity index (χ2v) is 5.66. The molecule has 0 saturated carbocycles. The van der Waals surface area contributed by atoms with Crippen molar-refractivity contribution in [2.45, 2.75) is 12.8 Å². The Kier molecular flexibility index (Phi) is 3.78. The minimum atomic E-state index is -0.650. The third-order valence-corrected chi connectivity index (χ3v) is 3.84. The molecule has 0 amide bonds. The molecule has 1 aromatic carbocycles. The Balaban J connectivity index is 2.33. The van der Waals surface area contributed by atoms with Crippen LogP contribution in [0.1, 0.15) is 11.4 Å². The van der Waals surface area contributed by atoms with E-state index in [0.29, 0.717) is 22.7 Å². The van der Waals surface area contributed by atoms with Crippen LogP contribution in [0.25, 0.3) is 16.9 Å². The van der Waals surface area contributed by atoms with Crippen LogP contribution in [-0.4, -0.2) is 14.5 Å². The highest BCUT2D eigenvalue weighted by atomic mass is 35.5. The molecule has 0 N–H and O–H groups in total. The van der Waals surface area contributed by atoms with E-state index in [1.54, 1.807) is 10.8 Å². The summed E-state index contributed by atoms with van der Waals surface area (Å²) in [5.41, 5.74) is 2.89. The lowest BCUT2D eigenvalue weighted by molar-refractivity contribution is 0.628. The van der Waals surface area contributed by atoms with Crippen LogP contribution < -0.4 is 0 Å². The van der Waals surface area contributed by atoms with E-state index in [9.17, 15) is 4.39 Å². The fraction of sp³-hybridized carbons (Fsp3) is 0.143. The molecule has 3 nitrogen and oxygen atoms in total. The van der Waals surface area contributed by atoms with Gasteiger partial charge in [-0.05, 0) is 30.7 Å². The van der Waals surface area contributed by atoms with E-state index in [2.05, 4.69) is 9.97 Å². The van der Waals surface area contributed by atoms with Gasteiger partial charge in [-0.2, -0.15) is 0 Å². The molecule has 0 bridgehead atoms. The van der Waals surface area contributed by atoms with Gasteiger partial charge in [-0.25, -0.2) is 14.4 Å². The molecule has 2 heterocycles. The van der Waals surface area contributed by atoms with Crippen molar-refractivity contribution in [1.82, 2.24) is 14.5 Å². The van der Waals surface area contributed by atoms with E-state index < -0.39 is 5.82 Å². The summed E-state index contributed by atoms with van der Waals surface area (Å²) in [6, 6.07) is 4.85. The second-order valence-electron chi connectivity index (χ2n) is 4.58. The zero-order chi connectivity index (χ0) is 15.1. The summed E-state index contributed by atoms with van der Waals surface area (Å²) in [5, 5.41) is -0.126. The highest BCUT2D eigenvalue weighted by molar-refractivity contribution is 6.35. The number of aryl methyl sites for hydroxylation is 1. The Hall–Kier alpha value is -1.36. The van der Waals surface area contributed by atoms with Crippen molar-refractivity contribution in [2.75, 3.05) is 0 Å². The SMILES string of the molecule is Cc1cnc2c(c1)nc(CCl)n2-c1cc(Cl)c(F)c(Cl)c1. The Morgan fingerprint density at radius 2 is 1.86 bits per heavy atom. The number of halogens is 4. The summed E-state index contributed by atoms with van der Waals surface area (Å²) in [7, 11) is 0. The molecule has 0 unspecified atom stereocenters. The number of hydrogen-bond donors (Lipinski definition) is 0. The first kappa shape index (κ1) is 14.6. The second kappa shape index (κ2) is 5.44. The minimum Gasteiger partial charge on any atom is -0.280 e. The van der Waals surface area contributed by atoms with Gasteiger partial charge in [0.1, 0.15) is 11.3 Å². The van der Waals surface area contributed by atoms with Crippen LogP contribution >= 0.6 is 34.8 Å². The monoisotopic (exact) mass is 343 g/mol. The van der Waals surface area contributed by atoms with Gasteiger partial charge < -0.3 is 0 Å². The lowest BCUT2D eigenvalue weighted by Crippen LogP contribution is -2.01. The number of rotatable bonds is 2. The summed E-state index contributed by atoms with van der Waals surface area (Å²) in [6.45, 7) is 1.93. The number of aromatic nitrogens is 3. The lowest BCUT2D eigenvalue weighted by atomic mass is 10.3. The molecule has 0 saturated heterocycles. The van der Waals surface area contributed by atoms with E-state index in [-0.39, 0.29) is 15.9 Å². The standard InChI is InChI=1S/C14H9Cl3FN3/c1-7-2-11-14(19-6-7)21(12(5-15)20-11)8-3-9(16)13(18)10(17)4-8/h2-4,6H,5H2,1H3. The molecule has 0 spiro atoms. The molecule has 108 valence electrons. The number of alkyl halides is 1. The van der Waals surface area contributed by atoms with Crippen molar-refractivity contribution in [3.8, 4) is 5.69 Å². The van der Waals surface area contributed by atoms with Crippen LogP contribution in [0.15, 0.2) is 24.4 Å². The number of fused-ring (bicyclic) bond motifs is 1. The predicted molar refractivity (Wildman–Crippen MR) is 83.1 cm³/mol. The molecule has 21 heavy (non-hydrogen) atoms. The van der Waals surface area contributed by atoms with Gasteiger partial charge in [-0.1, -0.05) is 23.2 Å². The van der Waals surface area contributed by atoms with Gasteiger partial charge in [0.05, 0.1) is 21.6 Å². The zero-order valence-electron chi connectivity index (χ0n) is 10.9. The van der Waals surface area contributed by atoms with Crippen LogP contribution in [-0.2, 0) is 5.88 Å². The predicted octanol–water partition coefficient (Wildman–Crippen LogP) is 4.91. The Morgan fingerprint density at radius 3 is 2.48 bits per heavy atom. The molecule has 0 atom stereocenters. The molecule has 0 aliphatic rings. The van der Waals surface area contributed by atoms with E-state index in [1.807, 2.05) is 13.0 Å². The highest BCUT2D eigenvalue weighted by Crippen LogP contribution is 2.29. The van der Waals surface area contributed by atoms with Crippen molar-refractivity contribution in [3.63, 3.8) is 0 Å². The fourth-order valence-corrected chi connectivity index (χ4v) is 2.80. The van der Waals surface area contributed by atoms with Crippen molar-refractivity contribution in [2.24, 2.45) is 0 Å². The smallest absolute Gasteiger partial charge is 0.164 e. The largest absolute Gasteiger partial charge is 0.280 e. The molecule has 7 heteroatoms. The van der Waals surface area contributed by atoms with Crippen molar-refractivity contribution >= 4 is 46.0 Å². The van der Waals surface area contributed by atoms with Gasteiger partial charge in [0.15, 0.2) is 11.5 Å². The van der Waals surface area contributed by atoms with Gasteiger partial charge in [-0.15, -0.1) is 11.6 Å². The van der Waals surface area contributed by atoms with Crippen molar-refractivity contribution in [1.29, 1.82) is 0 Å². The molecular weight excluding hydrogens is 336 g/mol. The van der Waals surface area contributed by atoms with Gasteiger partial charge in [-0.3, -0.25) is 4.57 Å². The highest BCUT2D eigenvalue weighted by Gasteiger charge is 2.16. The van der Waals surface area contributed by atoms with E-state index >= 15 is 0 Å². The molecular formula is C14H9Cl3FN3. The van der Waals surface area contributed by atoms with Crippen LogP contribution in [0, 0.1) is 12.7 Å². The first-order valence-electron chi connectivity index (χ1n) is 6.06. The Labute approximate surface area is 135 Å². The Morgan fingerprint density at radius 1 is 1.19 bits per heavy atom. The summed E-state index contributed by atoms with van der Waals surface area (Å²) in [5.74, 6) is 0.119. The first-order valence-corrected chi connectivity index (χ1v) is 7.35. The van der Waals surface area contributed by atoms with E-state index in [0.717, 1.165) is 5.56 Å². The maximum atomic E-state index is 13.6. The maximum absolute atomic E-state index is 13.6. The minimum absolute atomic E-state index is 0.0630. The molecule has 3 aromatic rings. The Bertz CT molecular complexity index is 822. The summed E-state index contributed by atoms with van der Waals surface area (Å²) in [4.78, 5) is 8.81. The number of benzene rings is 1. The average Bonchev–Trinajstić information content (AvgIpc) is 2.81. The van der Waals surface area contributed by atoms with E-state index in [1.165, 1.54) is 12.1 Å². The average molecular weight is 345 g/mol. The van der Waals surface area contributed by atoms with Crippen LogP contribution in [0.3, 0.4) is 0 Å². The summed E-state index contributed by atoms with van der Waals surface area (Å²) in [6.07, 6.45) is 1.73. The number of pyridine rings is 1. The fourth-order valence-electron chi connectivity index (χ4n) is 2.14. The normalized spacial score (nSPS) is 11.3. The topological polar surface area (TPSA) is 30.7 Å². The number of hydrogen-bond acceptors (Lipinski definition) is 2. The molecule has 3 rings (SSSR count). The van der Waals surface area contributed by atoms with Crippen LogP contribution in [0.5, 0.6) is 0 Å². The molecule has 2 aromatic heterocycles.